The summed E-state index contributed by atoms with van der Waals surface area (Å²) < 4.78 is 19.7. The maximum Gasteiger partial charge on any atom is 0.118 e. The normalized spacial score (nSPS) is 10.6. The Morgan fingerprint density at radius 3 is 0.671 bits per heavy atom. The summed E-state index contributed by atoms with van der Waals surface area (Å²) >= 11 is 0. The summed E-state index contributed by atoms with van der Waals surface area (Å²) in [7, 11) is 6.65. The number of hydrogen-bond acceptors (Lipinski definition) is 4. The van der Waals surface area contributed by atoms with E-state index in [-0.39, 0.29) is 0 Å². The first-order valence-electron chi connectivity index (χ1n) is 25.0. The van der Waals surface area contributed by atoms with E-state index in [2.05, 4.69) is 158 Å². The molecule has 4 heteroatoms. The van der Waals surface area contributed by atoms with Crippen LogP contribution < -0.4 is 18.9 Å². The zero-order valence-corrected chi connectivity index (χ0v) is 43.7. The molecular formula is C69H70O4. The molecule has 0 saturated carbocycles. The molecule has 73 heavy (non-hydrogen) atoms. The molecule has 10 aromatic carbocycles. The van der Waals surface area contributed by atoms with Crippen LogP contribution in [0.4, 0.5) is 0 Å². The van der Waals surface area contributed by atoms with Gasteiger partial charge in [-0.3, -0.25) is 0 Å². The van der Waals surface area contributed by atoms with Gasteiger partial charge in [0, 0.05) is 0 Å². The van der Waals surface area contributed by atoms with Crippen molar-refractivity contribution in [3.63, 3.8) is 0 Å². The van der Waals surface area contributed by atoms with Crippen LogP contribution >= 0.6 is 0 Å². The average molecular weight is 963 g/mol. The van der Waals surface area contributed by atoms with Crippen LogP contribution in [0.5, 0.6) is 23.0 Å². The van der Waals surface area contributed by atoms with Gasteiger partial charge in [0.1, 0.15) is 23.0 Å². The van der Waals surface area contributed by atoms with Gasteiger partial charge in [-0.2, -0.15) is 0 Å². The van der Waals surface area contributed by atoms with E-state index in [4.69, 9.17) is 18.9 Å². The second-order valence-electron chi connectivity index (χ2n) is 15.8. The number of methoxy groups -OCH3 is 4. The van der Waals surface area contributed by atoms with Gasteiger partial charge in [0.15, 0.2) is 0 Å². The Morgan fingerprint density at radius 2 is 0.452 bits per heavy atom. The van der Waals surface area contributed by atoms with Crippen LogP contribution in [0.2, 0.25) is 0 Å². The van der Waals surface area contributed by atoms with Crippen molar-refractivity contribution >= 4 is 0 Å². The Kier molecular flexibility index (Phi) is 23.4. The van der Waals surface area contributed by atoms with E-state index < -0.39 is 5.41 Å². The van der Waals surface area contributed by atoms with E-state index in [0.29, 0.717) is 0 Å². The number of hydrogen-bond donors (Lipinski definition) is 0. The predicted molar refractivity (Wildman–Crippen MR) is 309 cm³/mol. The highest BCUT2D eigenvalue weighted by Crippen LogP contribution is 2.57. The first-order valence-corrected chi connectivity index (χ1v) is 25.0. The molecule has 0 aromatic heterocycles. The van der Waals surface area contributed by atoms with Crippen molar-refractivity contribution in [2.75, 3.05) is 28.4 Å². The Morgan fingerprint density at radius 1 is 0.233 bits per heavy atom. The topological polar surface area (TPSA) is 36.9 Å². The van der Waals surface area contributed by atoms with Gasteiger partial charge in [0.25, 0.3) is 0 Å². The standard InChI is InChI=1S/C37H26.4C7H8O.2C2H6/c1-5-13-27(14-6-1)29-21-23-33-34-24-22-30(28-15-7-2-8-16-28)26-36(34)37(35(33)25-29,31-17-9-3-10-18-31)32-19-11-4-12-20-32;4*1-8-7-5-3-2-4-6-7;2*1-2/h1-26H;4*2-6H,1H3;2*1-2H3. The molecule has 0 unspecified atom stereocenters. The minimum absolute atomic E-state index is 0.414. The average Bonchev–Trinajstić information content (AvgIpc) is 3.80. The lowest BCUT2D eigenvalue weighted by molar-refractivity contribution is 0.414. The number of para-hydroxylation sites is 4. The molecule has 0 atom stereocenters. The Hall–Kier alpha value is -8.60. The molecule has 0 saturated heterocycles. The molecule has 10 aromatic rings. The first kappa shape index (κ1) is 55.3. The second-order valence-corrected chi connectivity index (χ2v) is 15.8. The lowest BCUT2D eigenvalue weighted by Gasteiger charge is -2.34. The van der Waals surface area contributed by atoms with E-state index in [0.717, 1.165) is 23.0 Å². The third kappa shape index (κ3) is 15.2. The zero-order valence-electron chi connectivity index (χ0n) is 43.7. The van der Waals surface area contributed by atoms with Crippen LogP contribution in [-0.4, -0.2) is 28.4 Å². The highest BCUT2D eigenvalue weighted by Gasteiger charge is 2.46. The van der Waals surface area contributed by atoms with Crippen molar-refractivity contribution in [2.45, 2.75) is 33.1 Å². The maximum atomic E-state index is 4.91. The van der Waals surface area contributed by atoms with Crippen LogP contribution in [0, 0.1) is 0 Å². The van der Waals surface area contributed by atoms with E-state index >= 15 is 0 Å². The fourth-order valence-corrected chi connectivity index (χ4v) is 8.34. The molecule has 0 radical (unpaired) electrons. The highest BCUT2D eigenvalue weighted by molar-refractivity contribution is 5.90. The van der Waals surface area contributed by atoms with Gasteiger partial charge in [0.2, 0.25) is 0 Å². The third-order valence-corrected chi connectivity index (χ3v) is 11.7. The van der Waals surface area contributed by atoms with E-state index in [1.807, 2.05) is 149 Å². The molecule has 1 aliphatic rings. The minimum Gasteiger partial charge on any atom is -0.497 e. The van der Waals surface area contributed by atoms with Crippen LogP contribution in [0.25, 0.3) is 33.4 Å². The fourth-order valence-electron chi connectivity index (χ4n) is 8.34. The van der Waals surface area contributed by atoms with Gasteiger partial charge in [-0.1, -0.05) is 246 Å². The molecule has 0 heterocycles. The molecule has 4 nitrogen and oxygen atoms in total. The van der Waals surface area contributed by atoms with Crippen LogP contribution in [0.15, 0.2) is 279 Å². The number of benzene rings is 10. The Labute approximate surface area is 436 Å². The van der Waals surface area contributed by atoms with E-state index in [1.54, 1.807) is 28.4 Å². The van der Waals surface area contributed by atoms with Gasteiger partial charge in [-0.25, -0.2) is 0 Å². The van der Waals surface area contributed by atoms with Crippen LogP contribution in [-0.2, 0) is 5.41 Å². The summed E-state index contributed by atoms with van der Waals surface area (Å²) in [5.41, 5.74) is 12.4. The molecule has 0 amide bonds. The number of rotatable bonds is 8. The maximum absolute atomic E-state index is 4.91. The van der Waals surface area contributed by atoms with Gasteiger partial charge < -0.3 is 18.9 Å². The molecule has 11 rings (SSSR count). The summed E-state index contributed by atoms with van der Waals surface area (Å²) in [4.78, 5) is 0. The molecular weight excluding hydrogens is 893 g/mol. The predicted octanol–water partition coefficient (Wildman–Crippen LogP) is 18.2. The number of ether oxygens (including phenoxy) is 4. The molecule has 0 aliphatic heterocycles. The largest absolute Gasteiger partial charge is 0.497 e. The van der Waals surface area contributed by atoms with Crippen molar-refractivity contribution in [2.24, 2.45) is 0 Å². The lowest BCUT2D eigenvalue weighted by atomic mass is 9.67. The molecule has 0 bridgehead atoms. The summed E-state index contributed by atoms with van der Waals surface area (Å²) in [6, 6.07) is 96.2. The third-order valence-electron chi connectivity index (χ3n) is 11.7. The van der Waals surface area contributed by atoms with Gasteiger partial charge in [-0.05, 0) is 116 Å². The fraction of sp³-hybridized carbons (Fsp3) is 0.130. The van der Waals surface area contributed by atoms with E-state index in [9.17, 15) is 0 Å². The van der Waals surface area contributed by atoms with Gasteiger partial charge in [-0.15, -0.1) is 0 Å². The Balaban J connectivity index is 0.000000220. The SMILES string of the molecule is CC.CC.COc1ccccc1.COc1ccccc1.COc1ccccc1.COc1ccccc1.c1ccc(-c2ccc3c(c2)C(c2ccccc2)(c2ccccc2)c2cc(-c4ccccc4)ccc2-3)cc1. The monoisotopic (exact) mass is 963 g/mol. The quantitative estimate of drug-likeness (QED) is 0.152. The molecule has 370 valence electrons. The van der Waals surface area contributed by atoms with Crippen molar-refractivity contribution in [1.29, 1.82) is 0 Å². The van der Waals surface area contributed by atoms with Crippen molar-refractivity contribution in [3.05, 3.63) is 301 Å². The number of fused-ring (bicyclic) bond motifs is 3. The van der Waals surface area contributed by atoms with Crippen molar-refractivity contribution in [1.82, 2.24) is 0 Å². The summed E-state index contributed by atoms with van der Waals surface area (Å²) in [6.45, 7) is 8.00. The molecule has 0 spiro atoms. The summed E-state index contributed by atoms with van der Waals surface area (Å²) in [6.07, 6.45) is 0. The van der Waals surface area contributed by atoms with Gasteiger partial charge in [0.05, 0.1) is 33.9 Å². The van der Waals surface area contributed by atoms with Crippen LogP contribution in [0.3, 0.4) is 0 Å². The summed E-state index contributed by atoms with van der Waals surface area (Å²) in [5, 5.41) is 0. The van der Waals surface area contributed by atoms with Gasteiger partial charge >= 0.3 is 0 Å². The van der Waals surface area contributed by atoms with Crippen molar-refractivity contribution < 1.29 is 18.9 Å². The highest BCUT2D eigenvalue weighted by atomic mass is 16.5. The smallest absolute Gasteiger partial charge is 0.118 e. The van der Waals surface area contributed by atoms with Crippen LogP contribution in [0.1, 0.15) is 49.9 Å². The first-order chi connectivity index (χ1) is 36.1. The molecule has 0 N–H and O–H groups in total. The second kappa shape index (κ2) is 30.9. The minimum atomic E-state index is -0.414. The lowest BCUT2D eigenvalue weighted by Crippen LogP contribution is -2.28. The van der Waals surface area contributed by atoms with Crippen molar-refractivity contribution in [3.8, 4) is 56.4 Å². The molecule has 0 fully saturated rings. The molecule has 1 aliphatic carbocycles. The Bertz CT molecular complexity index is 2700. The summed E-state index contributed by atoms with van der Waals surface area (Å²) in [5.74, 6) is 3.64. The van der Waals surface area contributed by atoms with E-state index in [1.165, 1.54) is 55.6 Å². The zero-order chi connectivity index (χ0) is 51.9.